The van der Waals surface area contributed by atoms with E-state index in [4.69, 9.17) is 9.47 Å². The number of ether oxygens (including phenoxy) is 3. The highest BCUT2D eigenvalue weighted by molar-refractivity contribution is 6.00. The van der Waals surface area contributed by atoms with E-state index in [1.807, 2.05) is 0 Å². The van der Waals surface area contributed by atoms with Crippen molar-refractivity contribution in [2.75, 3.05) is 13.4 Å². The maximum atomic E-state index is 11.9. The van der Waals surface area contributed by atoms with Gasteiger partial charge in [-0.05, 0) is 26.0 Å². The van der Waals surface area contributed by atoms with Gasteiger partial charge >= 0.3 is 6.18 Å². The fourth-order valence-corrected chi connectivity index (χ4v) is 1.99. The van der Waals surface area contributed by atoms with Gasteiger partial charge in [-0.15, -0.1) is 0 Å². The molecule has 116 valence electrons. The van der Waals surface area contributed by atoms with Gasteiger partial charge in [0, 0.05) is 6.07 Å². The molecule has 7 heteroatoms. The van der Waals surface area contributed by atoms with Crippen molar-refractivity contribution in [2.24, 2.45) is 0 Å². The van der Waals surface area contributed by atoms with Gasteiger partial charge < -0.3 is 14.2 Å². The Morgan fingerprint density at radius 3 is 2.71 bits per heavy atom. The van der Waals surface area contributed by atoms with E-state index in [0.29, 0.717) is 11.3 Å². The largest absolute Gasteiger partial charge is 0.486 e. The van der Waals surface area contributed by atoms with E-state index in [-0.39, 0.29) is 18.0 Å². The molecule has 0 spiro atoms. The van der Waals surface area contributed by atoms with Crippen LogP contribution in [0.5, 0.6) is 11.5 Å². The summed E-state index contributed by atoms with van der Waals surface area (Å²) >= 11 is 0. The van der Waals surface area contributed by atoms with Crippen LogP contribution < -0.4 is 9.47 Å². The smallest absolute Gasteiger partial charge is 0.411 e. The second-order valence-corrected chi connectivity index (χ2v) is 5.35. The minimum atomic E-state index is -4.39. The van der Waals surface area contributed by atoms with Gasteiger partial charge in [0.25, 0.3) is 0 Å². The molecule has 0 atom stereocenters. The molecule has 1 aliphatic heterocycles. The Kier molecular flexibility index (Phi) is 4.13. The molecule has 0 aromatic heterocycles. The number of halogens is 3. The first-order chi connectivity index (χ1) is 9.66. The van der Waals surface area contributed by atoms with Gasteiger partial charge in [0.05, 0.1) is 12.0 Å². The van der Waals surface area contributed by atoms with E-state index < -0.39 is 25.2 Å². The van der Waals surface area contributed by atoms with Gasteiger partial charge in [0.2, 0.25) is 0 Å². The molecule has 0 bridgehead atoms. The second-order valence-electron chi connectivity index (χ2n) is 5.35. The van der Waals surface area contributed by atoms with Crippen molar-refractivity contribution < 1.29 is 32.2 Å². The zero-order chi connectivity index (χ0) is 15.7. The van der Waals surface area contributed by atoms with E-state index >= 15 is 0 Å². The molecule has 0 aliphatic carbocycles. The standard InChI is InChI=1S/C14H15F3O4/c1-13(2)6-11(18)10-4-3-9(5-12(10)21-13)20-8-19-7-14(15,16)17/h3-5H,6-8H2,1-2H3. The number of hydrogen-bond acceptors (Lipinski definition) is 4. The molecule has 4 nitrogen and oxygen atoms in total. The SMILES string of the molecule is CC1(C)CC(=O)c2ccc(OCOCC(F)(F)F)cc2O1. The number of Topliss-reactive ketones (excluding diaryl/α,β-unsaturated/α-hetero) is 1. The Balaban J connectivity index is 1.99. The van der Waals surface area contributed by atoms with Crippen LogP contribution in [0, 0.1) is 0 Å². The zero-order valence-electron chi connectivity index (χ0n) is 11.6. The predicted molar refractivity (Wildman–Crippen MR) is 67.6 cm³/mol. The summed E-state index contributed by atoms with van der Waals surface area (Å²) in [4.78, 5) is 11.9. The summed E-state index contributed by atoms with van der Waals surface area (Å²) in [5.74, 6) is 0.604. The highest BCUT2D eigenvalue weighted by atomic mass is 19.4. The first-order valence-electron chi connectivity index (χ1n) is 6.30. The van der Waals surface area contributed by atoms with Crippen molar-refractivity contribution in [3.8, 4) is 11.5 Å². The summed E-state index contributed by atoms with van der Waals surface area (Å²) in [5, 5.41) is 0. The number of ketones is 1. The molecule has 0 fully saturated rings. The van der Waals surface area contributed by atoms with Crippen molar-refractivity contribution in [3.05, 3.63) is 23.8 Å². The van der Waals surface area contributed by atoms with Crippen molar-refractivity contribution in [1.29, 1.82) is 0 Å². The minimum Gasteiger partial charge on any atom is -0.486 e. The first kappa shape index (κ1) is 15.6. The molecule has 1 aromatic rings. The normalized spacial score (nSPS) is 17.1. The summed E-state index contributed by atoms with van der Waals surface area (Å²) < 4.78 is 50.8. The van der Waals surface area contributed by atoms with Crippen molar-refractivity contribution in [2.45, 2.75) is 32.0 Å². The lowest BCUT2D eigenvalue weighted by Crippen LogP contribution is -2.35. The van der Waals surface area contributed by atoms with E-state index in [1.54, 1.807) is 13.8 Å². The first-order valence-corrected chi connectivity index (χ1v) is 6.30. The summed E-state index contributed by atoms with van der Waals surface area (Å²) in [6, 6.07) is 4.51. The van der Waals surface area contributed by atoms with Gasteiger partial charge in [0.15, 0.2) is 12.6 Å². The van der Waals surface area contributed by atoms with E-state index in [1.165, 1.54) is 18.2 Å². The summed E-state index contributed by atoms with van der Waals surface area (Å²) in [7, 11) is 0. The number of hydrogen-bond donors (Lipinski definition) is 0. The Morgan fingerprint density at radius 1 is 1.33 bits per heavy atom. The fraction of sp³-hybridized carbons (Fsp3) is 0.500. The third-order valence-corrected chi connectivity index (χ3v) is 2.80. The number of carbonyl (C=O) groups excluding carboxylic acids is 1. The number of benzene rings is 1. The van der Waals surface area contributed by atoms with Crippen molar-refractivity contribution in [3.63, 3.8) is 0 Å². The minimum absolute atomic E-state index is 0.0406. The molecule has 1 aliphatic rings. The quantitative estimate of drug-likeness (QED) is 0.632. The molecule has 0 unspecified atom stereocenters. The van der Waals surface area contributed by atoms with Gasteiger partial charge in [-0.2, -0.15) is 13.2 Å². The maximum absolute atomic E-state index is 11.9. The molecular weight excluding hydrogens is 289 g/mol. The average molecular weight is 304 g/mol. The number of fused-ring (bicyclic) bond motifs is 1. The van der Waals surface area contributed by atoms with Gasteiger partial charge in [-0.1, -0.05) is 0 Å². The third-order valence-electron chi connectivity index (χ3n) is 2.80. The van der Waals surface area contributed by atoms with E-state index in [9.17, 15) is 18.0 Å². The van der Waals surface area contributed by atoms with Crippen LogP contribution in [-0.2, 0) is 4.74 Å². The second kappa shape index (κ2) is 5.55. The third kappa shape index (κ3) is 4.35. The van der Waals surface area contributed by atoms with Crippen LogP contribution in [-0.4, -0.2) is 31.0 Å². The van der Waals surface area contributed by atoms with Crippen LogP contribution in [0.2, 0.25) is 0 Å². The molecule has 2 rings (SSSR count). The van der Waals surface area contributed by atoms with Crippen LogP contribution in [0.25, 0.3) is 0 Å². The zero-order valence-corrected chi connectivity index (χ0v) is 11.6. The number of alkyl halides is 3. The molecule has 1 heterocycles. The molecule has 21 heavy (non-hydrogen) atoms. The van der Waals surface area contributed by atoms with E-state index in [0.717, 1.165) is 0 Å². The molecule has 1 aromatic carbocycles. The predicted octanol–water partition coefficient (Wildman–Crippen LogP) is 3.35. The van der Waals surface area contributed by atoms with Crippen LogP contribution >= 0.6 is 0 Å². The maximum Gasteiger partial charge on any atom is 0.411 e. The van der Waals surface area contributed by atoms with Crippen LogP contribution in [0.4, 0.5) is 13.2 Å². The van der Waals surface area contributed by atoms with Gasteiger partial charge in [-0.25, -0.2) is 0 Å². The molecule has 0 saturated carbocycles. The highest BCUT2D eigenvalue weighted by Gasteiger charge is 2.32. The molecule has 0 amide bonds. The monoisotopic (exact) mass is 304 g/mol. The number of carbonyl (C=O) groups is 1. The molecule has 0 N–H and O–H groups in total. The Bertz CT molecular complexity index is 538. The Hall–Kier alpha value is -1.76. The lowest BCUT2D eigenvalue weighted by atomic mass is 9.93. The average Bonchev–Trinajstić information content (AvgIpc) is 2.31. The summed E-state index contributed by atoms with van der Waals surface area (Å²) in [6.45, 7) is 1.66. The lowest BCUT2D eigenvalue weighted by molar-refractivity contribution is -0.186. The Morgan fingerprint density at radius 2 is 2.05 bits per heavy atom. The van der Waals surface area contributed by atoms with Crippen LogP contribution in [0.1, 0.15) is 30.6 Å². The van der Waals surface area contributed by atoms with Crippen molar-refractivity contribution >= 4 is 5.78 Å². The van der Waals surface area contributed by atoms with Gasteiger partial charge in [-0.3, -0.25) is 4.79 Å². The topological polar surface area (TPSA) is 44.8 Å². The molecule has 0 radical (unpaired) electrons. The summed E-state index contributed by atoms with van der Waals surface area (Å²) in [5.41, 5.74) is -0.173. The lowest BCUT2D eigenvalue weighted by Gasteiger charge is -2.31. The number of rotatable bonds is 4. The Labute approximate surface area is 119 Å². The highest BCUT2D eigenvalue weighted by Crippen LogP contribution is 2.35. The molecule has 0 saturated heterocycles. The molecular formula is C14H15F3O4. The van der Waals surface area contributed by atoms with E-state index in [2.05, 4.69) is 4.74 Å². The summed E-state index contributed by atoms with van der Waals surface area (Å²) in [6.07, 6.45) is -4.12. The van der Waals surface area contributed by atoms with Crippen LogP contribution in [0.15, 0.2) is 18.2 Å². The van der Waals surface area contributed by atoms with Crippen LogP contribution in [0.3, 0.4) is 0 Å². The fourth-order valence-electron chi connectivity index (χ4n) is 1.99. The van der Waals surface area contributed by atoms with Crippen molar-refractivity contribution in [1.82, 2.24) is 0 Å². The van der Waals surface area contributed by atoms with Gasteiger partial charge in [0.1, 0.15) is 23.7 Å².